The highest BCUT2D eigenvalue weighted by Gasteiger charge is 2.33. The minimum absolute atomic E-state index is 0.240. The Balaban J connectivity index is 1.76. The minimum Gasteiger partial charge on any atom is -0.492 e. The van der Waals surface area contributed by atoms with Crippen molar-refractivity contribution in [2.45, 2.75) is 6.18 Å². The predicted octanol–water partition coefficient (Wildman–Crippen LogP) is 3.65. The molecule has 0 radical (unpaired) electrons. The molecule has 0 aliphatic heterocycles. The Bertz CT molecular complexity index is 513. The normalized spacial score (nSPS) is 11.3. The van der Waals surface area contributed by atoms with E-state index in [1.165, 1.54) is 0 Å². The molecule has 3 nitrogen and oxygen atoms in total. The summed E-state index contributed by atoms with van der Waals surface area (Å²) in [5, 5.41) is 3.03. The Morgan fingerprint density at radius 2 is 1.95 bits per heavy atom. The number of halogens is 3. The first kappa shape index (κ1) is 13.7. The van der Waals surface area contributed by atoms with Crippen LogP contribution in [0.5, 0.6) is 5.75 Å². The molecule has 0 bridgehead atoms. The van der Waals surface area contributed by atoms with Gasteiger partial charge >= 0.3 is 6.18 Å². The number of hydrogen-bond donors (Lipinski definition) is 1. The highest BCUT2D eigenvalue weighted by molar-refractivity contribution is 7.15. The van der Waals surface area contributed by atoms with Crippen LogP contribution in [-0.4, -0.2) is 18.1 Å². The summed E-state index contributed by atoms with van der Waals surface area (Å²) in [4.78, 5) is 2.95. The molecule has 0 saturated heterocycles. The third kappa shape index (κ3) is 4.13. The number of rotatable bonds is 5. The molecule has 0 fully saturated rings. The molecule has 7 heteroatoms. The van der Waals surface area contributed by atoms with E-state index in [-0.39, 0.29) is 5.13 Å². The second-order valence-corrected chi connectivity index (χ2v) is 4.65. The van der Waals surface area contributed by atoms with Crippen LogP contribution in [0.2, 0.25) is 0 Å². The number of thiazole rings is 1. The average molecular weight is 288 g/mol. The van der Waals surface area contributed by atoms with E-state index in [1.807, 2.05) is 30.3 Å². The molecule has 1 heterocycles. The lowest BCUT2D eigenvalue weighted by Crippen LogP contribution is -2.11. The summed E-state index contributed by atoms with van der Waals surface area (Å²) in [5.41, 5.74) is 0. The number of anilines is 1. The number of nitrogens with zero attached hydrogens (tertiary/aromatic N) is 1. The van der Waals surface area contributed by atoms with Crippen LogP contribution in [-0.2, 0) is 6.18 Å². The smallest absolute Gasteiger partial charge is 0.427 e. The van der Waals surface area contributed by atoms with Crippen LogP contribution in [0.1, 0.15) is 4.88 Å². The lowest BCUT2D eigenvalue weighted by Gasteiger charge is -2.06. The lowest BCUT2D eigenvalue weighted by atomic mass is 10.3. The van der Waals surface area contributed by atoms with Gasteiger partial charge in [0.1, 0.15) is 17.2 Å². The molecule has 0 aliphatic carbocycles. The van der Waals surface area contributed by atoms with Gasteiger partial charge in [-0.05, 0) is 12.1 Å². The van der Waals surface area contributed by atoms with Crippen molar-refractivity contribution in [3.63, 3.8) is 0 Å². The van der Waals surface area contributed by atoms with Crippen molar-refractivity contribution < 1.29 is 17.9 Å². The van der Waals surface area contributed by atoms with Crippen LogP contribution >= 0.6 is 11.3 Å². The second kappa shape index (κ2) is 5.92. The minimum atomic E-state index is -4.34. The summed E-state index contributed by atoms with van der Waals surface area (Å²) in [6.45, 7) is 0.741. The molecule has 102 valence electrons. The van der Waals surface area contributed by atoms with E-state index in [9.17, 15) is 13.2 Å². The Kier molecular flexibility index (Phi) is 4.26. The van der Waals surface area contributed by atoms with E-state index in [0.717, 1.165) is 11.9 Å². The number of para-hydroxylation sites is 1. The molecular formula is C12H11F3N2OS. The largest absolute Gasteiger partial charge is 0.492 e. The number of alkyl halides is 3. The summed E-state index contributed by atoms with van der Waals surface area (Å²) >= 11 is 0.583. The molecule has 0 spiro atoms. The maximum absolute atomic E-state index is 12.3. The highest BCUT2D eigenvalue weighted by atomic mass is 32.1. The van der Waals surface area contributed by atoms with E-state index in [1.54, 1.807) is 0 Å². The van der Waals surface area contributed by atoms with Gasteiger partial charge in [-0.2, -0.15) is 13.2 Å². The van der Waals surface area contributed by atoms with Gasteiger partial charge < -0.3 is 10.1 Å². The van der Waals surface area contributed by atoms with Gasteiger partial charge in [0, 0.05) is 0 Å². The number of benzene rings is 1. The number of nitrogens with one attached hydrogen (secondary N) is 1. The number of aromatic nitrogens is 1. The molecule has 1 aromatic carbocycles. The van der Waals surface area contributed by atoms with Crippen molar-refractivity contribution in [2.75, 3.05) is 18.5 Å². The Labute approximate surface area is 112 Å². The predicted molar refractivity (Wildman–Crippen MR) is 67.5 cm³/mol. The van der Waals surface area contributed by atoms with Gasteiger partial charge in [-0.3, -0.25) is 0 Å². The zero-order valence-electron chi connectivity index (χ0n) is 9.78. The monoisotopic (exact) mass is 288 g/mol. The first-order chi connectivity index (χ1) is 9.05. The average Bonchev–Trinajstić information content (AvgIpc) is 2.85. The van der Waals surface area contributed by atoms with Crippen molar-refractivity contribution in [3.8, 4) is 5.75 Å². The van der Waals surface area contributed by atoms with Crippen molar-refractivity contribution in [1.29, 1.82) is 0 Å². The second-order valence-electron chi connectivity index (χ2n) is 3.62. The van der Waals surface area contributed by atoms with E-state index >= 15 is 0 Å². The maximum atomic E-state index is 12.3. The topological polar surface area (TPSA) is 34.2 Å². The maximum Gasteiger partial charge on any atom is 0.427 e. The quantitative estimate of drug-likeness (QED) is 0.853. The van der Waals surface area contributed by atoms with Gasteiger partial charge in [0.25, 0.3) is 0 Å². The van der Waals surface area contributed by atoms with Crippen LogP contribution in [0, 0.1) is 0 Å². The molecule has 0 aliphatic rings. The molecule has 19 heavy (non-hydrogen) atoms. The molecule has 0 unspecified atom stereocenters. The van der Waals surface area contributed by atoms with Crippen molar-refractivity contribution in [2.24, 2.45) is 0 Å². The van der Waals surface area contributed by atoms with Gasteiger partial charge in [0.15, 0.2) is 5.13 Å². The third-order valence-corrected chi connectivity index (χ3v) is 3.18. The van der Waals surface area contributed by atoms with Crippen LogP contribution < -0.4 is 10.1 Å². The van der Waals surface area contributed by atoms with Crippen LogP contribution in [0.25, 0.3) is 0 Å². The highest BCUT2D eigenvalue weighted by Crippen LogP contribution is 2.34. The van der Waals surface area contributed by atoms with Crippen molar-refractivity contribution in [1.82, 2.24) is 4.98 Å². The fourth-order valence-corrected chi connectivity index (χ4v) is 2.04. The van der Waals surface area contributed by atoms with E-state index in [2.05, 4.69) is 10.3 Å². The standard InChI is InChI=1S/C12H11F3N2OS/c13-12(14,15)10-8-17-11(19-10)16-6-7-18-9-4-2-1-3-5-9/h1-5,8H,6-7H2,(H,16,17). The van der Waals surface area contributed by atoms with Crippen LogP contribution in [0.15, 0.2) is 36.5 Å². The van der Waals surface area contributed by atoms with Gasteiger partial charge in [-0.25, -0.2) is 4.98 Å². The molecule has 1 aromatic heterocycles. The first-order valence-corrected chi connectivity index (χ1v) is 6.32. The van der Waals surface area contributed by atoms with Crippen LogP contribution in [0.4, 0.5) is 18.3 Å². The summed E-state index contributed by atoms with van der Waals surface area (Å²) in [5.74, 6) is 0.722. The fourth-order valence-electron chi connectivity index (χ4n) is 1.33. The molecular weight excluding hydrogens is 277 g/mol. The Hall–Kier alpha value is -1.76. The molecule has 0 atom stereocenters. The molecule has 2 aromatic rings. The van der Waals surface area contributed by atoms with Gasteiger partial charge in [-0.15, -0.1) is 0 Å². The molecule has 1 N–H and O–H groups in total. The van der Waals surface area contributed by atoms with Gasteiger partial charge in [-0.1, -0.05) is 29.5 Å². The van der Waals surface area contributed by atoms with Crippen LogP contribution in [0.3, 0.4) is 0 Å². The Morgan fingerprint density at radius 3 is 2.58 bits per heavy atom. The SMILES string of the molecule is FC(F)(F)c1cnc(NCCOc2ccccc2)s1. The molecule has 0 saturated carbocycles. The molecule has 2 rings (SSSR count). The third-order valence-electron chi connectivity index (χ3n) is 2.18. The van der Waals surface area contributed by atoms with Crippen molar-refractivity contribution >= 4 is 16.5 Å². The summed E-state index contributed by atoms with van der Waals surface area (Å²) in [6, 6.07) is 9.19. The van der Waals surface area contributed by atoms with Gasteiger partial charge in [0.05, 0.1) is 12.7 Å². The zero-order chi connectivity index (χ0) is 13.7. The van der Waals surface area contributed by atoms with Crippen molar-refractivity contribution in [3.05, 3.63) is 41.4 Å². The Morgan fingerprint density at radius 1 is 1.21 bits per heavy atom. The van der Waals surface area contributed by atoms with E-state index in [0.29, 0.717) is 24.5 Å². The summed E-state index contributed by atoms with van der Waals surface area (Å²) < 4.78 is 42.4. The van der Waals surface area contributed by atoms with E-state index < -0.39 is 11.1 Å². The van der Waals surface area contributed by atoms with Gasteiger partial charge in [0.2, 0.25) is 0 Å². The van der Waals surface area contributed by atoms with E-state index in [4.69, 9.17) is 4.74 Å². The number of ether oxygens (including phenoxy) is 1. The zero-order valence-corrected chi connectivity index (χ0v) is 10.6. The number of hydrogen-bond acceptors (Lipinski definition) is 4. The summed E-state index contributed by atoms with van der Waals surface area (Å²) in [7, 11) is 0. The molecule has 0 amide bonds. The first-order valence-electron chi connectivity index (χ1n) is 5.50. The summed E-state index contributed by atoms with van der Waals surface area (Å²) in [6.07, 6.45) is -3.51. The fraction of sp³-hybridized carbons (Fsp3) is 0.250. The lowest BCUT2D eigenvalue weighted by molar-refractivity contribution is -0.134.